The minimum atomic E-state index is 0.763. The van der Waals surface area contributed by atoms with E-state index in [0.29, 0.717) is 0 Å². The van der Waals surface area contributed by atoms with E-state index in [0.717, 1.165) is 33.1 Å². The zero-order chi connectivity index (χ0) is 14.2. The van der Waals surface area contributed by atoms with Crippen LogP contribution in [0.4, 0.5) is 0 Å². The fourth-order valence-corrected chi connectivity index (χ4v) is 3.30. The summed E-state index contributed by atoms with van der Waals surface area (Å²) < 4.78 is 2.14. The van der Waals surface area contributed by atoms with Crippen molar-refractivity contribution in [3.05, 3.63) is 60.7 Å². The topological polar surface area (TPSA) is 30.2 Å². The van der Waals surface area contributed by atoms with Gasteiger partial charge in [0.05, 0.1) is 11.0 Å². The van der Waals surface area contributed by atoms with Crippen LogP contribution < -0.4 is 0 Å². The van der Waals surface area contributed by atoms with Crippen molar-refractivity contribution < 1.29 is 0 Å². The molecule has 0 aliphatic heterocycles. The van der Waals surface area contributed by atoms with Crippen LogP contribution >= 0.6 is 11.8 Å². The predicted octanol–water partition coefficient (Wildman–Crippen LogP) is 4.27. The molecule has 2 aromatic carbocycles. The van der Waals surface area contributed by atoms with Crippen LogP contribution in [0.3, 0.4) is 0 Å². The summed E-state index contributed by atoms with van der Waals surface area (Å²) in [6, 6.07) is 20.4. The van der Waals surface area contributed by atoms with Crippen LogP contribution in [-0.2, 0) is 0 Å². The van der Waals surface area contributed by atoms with Crippen LogP contribution in [-0.4, -0.2) is 20.6 Å². The molecule has 0 bridgehead atoms. The van der Waals surface area contributed by atoms with Gasteiger partial charge in [-0.3, -0.25) is 4.40 Å². The molecule has 4 heteroatoms. The lowest BCUT2D eigenvalue weighted by molar-refractivity contribution is 1.11. The minimum absolute atomic E-state index is 0.763. The molecule has 0 unspecified atom stereocenters. The molecular formula is C17H13N3S. The normalized spacial score (nSPS) is 11.3. The summed E-state index contributed by atoms with van der Waals surface area (Å²) in [6.45, 7) is 0. The summed E-state index contributed by atoms with van der Waals surface area (Å²) in [5.41, 5.74) is 4.19. The Morgan fingerprint density at radius 1 is 0.857 bits per heavy atom. The van der Waals surface area contributed by atoms with Crippen LogP contribution in [0, 0.1) is 0 Å². The SMILES string of the molecule is CSc1c(-c2ccccc2)nc2nc3cccccc3n12. The Balaban J connectivity index is 2.10. The fraction of sp³-hybridized carbons (Fsp3) is 0.0588. The quantitative estimate of drug-likeness (QED) is 0.517. The number of hydrogen-bond donors (Lipinski definition) is 0. The molecule has 0 aliphatic carbocycles. The Kier molecular flexibility index (Phi) is 2.89. The third kappa shape index (κ3) is 1.91. The minimum Gasteiger partial charge on any atom is -0.269 e. The van der Waals surface area contributed by atoms with Crippen molar-refractivity contribution in [2.24, 2.45) is 0 Å². The van der Waals surface area contributed by atoms with E-state index >= 15 is 0 Å². The maximum absolute atomic E-state index is 4.74. The van der Waals surface area contributed by atoms with E-state index in [1.807, 2.05) is 42.5 Å². The number of benzene rings is 1. The Bertz CT molecular complexity index is 929. The lowest BCUT2D eigenvalue weighted by Gasteiger charge is -2.01. The zero-order valence-electron chi connectivity index (χ0n) is 11.5. The molecule has 0 spiro atoms. The van der Waals surface area contributed by atoms with Crippen LogP contribution in [0.2, 0.25) is 0 Å². The monoisotopic (exact) mass is 291 g/mol. The number of thioether (sulfide) groups is 1. The van der Waals surface area contributed by atoms with Gasteiger partial charge in [-0.2, -0.15) is 0 Å². The van der Waals surface area contributed by atoms with E-state index in [-0.39, 0.29) is 0 Å². The van der Waals surface area contributed by atoms with Gasteiger partial charge in [-0.15, -0.1) is 11.8 Å². The second kappa shape index (κ2) is 4.90. The van der Waals surface area contributed by atoms with E-state index in [4.69, 9.17) is 4.98 Å². The van der Waals surface area contributed by atoms with Crippen molar-refractivity contribution in [2.45, 2.75) is 5.03 Å². The maximum Gasteiger partial charge on any atom is 0.236 e. The van der Waals surface area contributed by atoms with Gasteiger partial charge in [0.25, 0.3) is 0 Å². The molecule has 0 saturated carbocycles. The summed E-state index contributed by atoms with van der Waals surface area (Å²) in [5, 5.41) is 1.13. The first kappa shape index (κ1) is 12.4. The molecule has 3 nitrogen and oxygen atoms in total. The van der Waals surface area contributed by atoms with Gasteiger partial charge in [0.15, 0.2) is 0 Å². The molecule has 0 N–H and O–H groups in total. The molecular weight excluding hydrogens is 278 g/mol. The number of nitrogens with zero attached hydrogens (tertiary/aromatic N) is 3. The number of fused-ring (bicyclic) bond motifs is 3. The van der Waals surface area contributed by atoms with Crippen molar-refractivity contribution >= 4 is 28.6 Å². The van der Waals surface area contributed by atoms with Gasteiger partial charge in [0.2, 0.25) is 5.78 Å². The molecule has 21 heavy (non-hydrogen) atoms. The van der Waals surface area contributed by atoms with Gasteiger partial charge >= 0.3 is 0 Å². The third-order valence-corrected chi connectivity index (χ3v) is 4.27. The molecule has 102 valence electrons. The van der Waals surface area contributed by atoms with E-state index in [1.165, 1.54) is 0 Å². The highest BCUT2D eigenvalue weighted by atomic mass is 32.2. The van der Waals surface area contributed by atoms with Gasteiger partial charge in [-0.1, -0.05) is 48.5 Å². The van der Waals surface area contributed by atoms with Crippen LogP contribution in [0.5, 0.6) is 0 Å². The highest BCUT2D eigenvalue weighted by molar-refractivity contribution is 7.98. The molecule has 2 aromatic heterocycles. The Labute approximate surface area is 126 Å². The van der Waals surface area contributed by atoms with E-state index in [2.05, 4.69) is 33.8 Å². The van der Waals surface area contributed by atoms with Gasteiger partial charge in [-0.05, 0) is 18.4 Å². The average Bonchev–Trinajstić information content (AvgIpc) is 2.95. The number of imidazole rings is 2. The summed E-state index contributed by atoms with van der Waals surface area (Å²) in [6.07, 6.45) is 2.08. The van der Waals surface area contributed by atoms with Crippen molar-refractivity contribution in [3.63, 3.8) is 0 Å². The van der Waals surface area contributed by atoms with Gasteiger partial charge < -0.3 is 0 Å². The highest BCUT2D eigenvalue weighted by Crippen LogP contribution is 2.32. The first-order valence-corrected chi connectivity index (χ1v) is 7.97. The van der Waals surface area contributed by atoms with Crippen molar-refractivity contribution in [3.8, 4) is 11.3 Å². The van der Waals surface area contributed by atoms with Crippen LogP contribution in [0.1, 0.15) is 0 Å². The molecule has 0 amide bonds. The number of hydrogen-bond acceptors (Lipinski definition) is 3. The van der Waals surface area contributed by atoms with Crippen molar-refractivity contribution in [1.82, 2.24) is 14.4 Å². The first-order valence-electron chi connectivity index (χ1n) is 6.75. The largest absolute Gasteiger partial charge is 0.269 e. The van der Waals surface area contributed by atoms with Crippen LogP contribution in [0.15, 0.2) is 65.7 Å². The fourth-order valence-electron chi connectivity index (χ4n) is 2.58. The average molecular weight is 291 g/mol. The summed E-state index contributed by atoms with van der Waals surface area (Å²) in [5.74, 6) is 0.763. The van der Waals surface area contributed by atoms with Gasteiger partial charge in [-0.25, -0.2) is 9.97 Å². The maximum atomic E-state index is 4.74. The molecule has 2 heterocycles. The molecule has 0 atom stereocenters. The Hall–Kier alpha value is -2.33. The van der Waals surface area contributed by atoms with Gasteiger partial charge in [0.1, 0.15) is 10.7 Å². The lowest BCUT2D eigenvalue weighted by atomic mass is 10.2. The molecule has 4 aromatic rings. The smallest absolute Gasteiger partial charge is 0.236 e. The molecule has 4 rings (SSSR count). The van der Waals surface area contributed by atoms with Gasteiger partial charge in [0, 0.05) is 5.56 Å². The predicted molar refractivity (Wildman–Crippen MR) is 87.7 cm³/mol. The van der Waals surface area contributed by atoms with Crippen molar-refractivity contribution in [2.75, 3.05) is 6.26 Å². The zero-order valence-corrected chi connectivity index (χ0v) is 12.3. The van der Waals surface area contributed by atoms with Crippen molar-refractivity contribution in [1.29, 1.82) is 0 Å². The number of rotatable bonds is 2. The Morgan fingerprint density at radius 3 is 2.33 bits per heavy atom. The second-order valence-corrected chi connectivity index (χ2v) is 5.56. The van der Waals surface area contributed by atoms with Crippen LogP contribution in [0.25, 0.3) is 28.1 Å². The number of aromatic nitrogens is 3. The Morgan fingerprint density at radius 2 is 1.57 bits per heavy atom. The first-order chi connectivity index (χ1) is 10.4. The van der Waals surface area contributed by atoms with E-state index < -0.39 is 0 Å². The van der Waals surface area contributed by atoms with E-state index in [9.17, 15) is 0 Å². The molecule has 0 saturated heterocycles. The molecule has 0 fully saturated rings. The summed E-state index contributed by atoms with van der Waals surface area (Å²) in [7, 11) is 0. The van der Waals surface area contributed by atoms with E-state index in [1.54, 1.807) is 11.8 Å². The highest BCUT2D eigenvalue weighted by Gasteiger charge is 2.17. The molecule has 0 radical (unpaired) electrons. The lowest BCUT2D eigenvalue weighted by Crippen LogP contribution is -1.84. The standard InChI is InChI=1S/C17H13N3S/c1-21-16-15(12-8-4-2-5-9-12)19-17-18-13-10-6-3-7-11-14(13)20(16)17/h2-11H,1H3. The summed E-state index contributed by atoms with van der Waals surface area (Å²) in [4.78, 5) is 9.39. The summed E-state index contributed by atoms with van der Waals surface area (Å²) >= 11 is 1.70. The molecule has 0 aliphatic rings. The second-order valence-electron chi connectivity index (χ2n) is 4.76. The third-order valence-electron chi connectivity index (χ3n) is 3.51.